The average Bonchev–Trinajstić information content (AvgIpc) is 2.87. The second-order valence-electron chi connectivity index (χ2n) is 5.80. The summed E-state index contributed by atoms with van der Waals surface area (Å²) in [6.07, 6.45) is 1.86. The molecule has 0 saturated carbocycles. The van der Waals surface area contributed by atoms with Crippen molar-refractivity contribution in [3.05, 3.63) is 29.3 Å². The molecule has 1 unspecified atom stereocenters. The molecule has 2 N–H and O–H groups in total. The molecule has 21 heavy (non-hydrogen) atoms. The van der Waals surface area contributed by atoms with Crippen LogP contribution in [0.2, 0.25) is 0 Å². The van der Waals surface area contributed by atoms with Gasteiger partial charge in [-0.25, -0.2) is 13.1 Å². The van der Waals surface area contributed by atoms with Gasteiger partial charge in [0.2, 0.25) is 10.0 Å². The normalized spacial score (nSPS) is 22.6. The molecule has 1 fully saturated rings. The summed E-state index contributed by atoms with van der Waals surface area (Å²) in [4.78, 5) is 0.344. The summed E-state index contributed by atoms with van der Waals surface area (Å²) in [7, 11) is -1.67. The first-order chi connectivity index (χ1) is 9.88. The number of nitrogens with one attached hydrogen (secondary N) is 2. The summed E-state index contributed by atoms with van der Waals surface area (Å²) in [6, 6.07) is 5.36. The molecule has 1 atom stereocenters. The Balaban J connectivity index is 2.17. The Kier molecular flexibility index (Phi) is 5.03. The highest BCUT2D eigenvalue weighted by Crippen LogP contribution is 2.25. The fourth-order valence-corrected chi connectivity index (χ4v) is 4.08. The highest BCUT2D eigenvalue weighted by atomic mass is 32.2. The predicted molar refractivity (Wildman–Crippen MR) is 82.7 cm³/mol. The van der Waals surface area contributed by atoms with Crippen molar-refractivity contribution in [1.82, 2.24) is 10.0 Å². The van der Waals surface area contributed by atoms with E-state index in [0.717, 1.165) is 24.0 Å². The van der Waals surface area contributed by atoms with Gasteiger partial charge in [-0.15, -0.1) is 0 Å². The van der Waals surface area contributed by atoms with Crippen LogP contribution >= 0.6 is 0 Å². The molecule has 1 heterocycles. The Morgan fingerprint density at radius 2 is 2.14 bits per heavy atom. The third kappa shape index (κ3) is 3.83. The van der Waals surface area contributed by atoms with Crippen LogP contribution in [0, 0.1) is 6.92 Å². The van der Waals surface area contributed by atoms with Gasteiger partial charge in [-0.1, -0.05) is 12.1 Å². The molecule has 0 aliphatic carbocycles. The van der Waals surface area contributed by atoms with Crippen molar-refractivity contribution >= 4 is 10.0 Å². The molecule has 0 spiro atoms. The van der Waals surface area contributed by atoms with Crippen LogP contribution in [-0.2, 0) is 21.3 Å². The maximum absolute atomic E-state index is 12.5. The van der Waals surface area contributed by atoms with Gasteiger partial charge in [0.25, 0.3) is 0 Å². The molecular formula is C15H24N2O3S. The van der Waals surface area contributed by atoms with Crippen LogP contribution in [0.5, 0.6) is 0 Å². The van der Waals surface area contributed by atoms with Gasteiger partial charge in [0.05, 0.1) is 10.5 Å². The van der Waals surface area contributed by atoms with E-state index in [0.29, 0.717) is 24.6 Å². The minimum absolute atomic E-state index is 0.311. The lowest BCUT2D eigenvalue weighted by Crippen LogP contribution is -2.40. The molecular weight excluding hydrogens is 288 g/mol. The monoisotopic (exact) mass is 312 g/mol. The van der Waals surface area contributed by atoms with E-state index in [1.165, 1.54) is 0 Å². The highest BCUT2D eigenvalue weighted by Gasteiger charge is 2.31. The van der Waals surface area contributed by atoms with Crippen molar-refractivity contribution in [3.63, 3.8) is 0 Å². The maximum Gasteiger partial charge on any atom is 0.240 e. The molecule has 1 aliphatic rings. The molecule has 2 rings (SSSR count). The van der Waals surface area contributed by atoms with Crippen LogP contribution in [0.1, 0.15) is 30.9 Å². The first kappa shape index (κ1) is 16.4. The predicted octanol–water partition coefficient (Wildman–Crippen LogP) is 1.56. The van der Waals surface area contributed by atoms with Gasteiger partial charge in [-0.3, -0.25) is 0 Å². The van der Waals surface area contributed by atoms with Gasteiger partial charge in [0, 0.05) is 19.7 Å². The Hall–Kier alpha value is -0.950. The van der Waals surface area contributed by atoms with Gasteiger partial charge in [-0.05, 0) is 50.9 Å². The van der Waals surface area contributed by atoms with E-state index in [2.05, 4.69) is 10.0 Å². The summed E-state index contributed by atoms with van der Waals surface area (Å²) in [5, 5.41) is 3.05. The van der Waals surface area contributed by atoms with Gasteiger partial charge in [-0.2, -0.15) is 0 Å². The van der Waals surface area contributed by atoms with E-state index in [9.17, 15) is 8.42 Å². The quantitative estimate of drug-likeness (QED) is 0.836. The summed E-state index contributed by atoms with van der Waals surface area (Å²) >= 11 is 0. The molecule has 0 bridgehead atoms. The Bertz CT molecular complexity index is 593. The minimum atomic E-state index is -3.52. The Morgan fingerprint density at radius 3 is 2.76 bits per heavy atom. The smallest absolute Gasteiger partial charge is 0.240 e. The molecule has 0 amide bonds. The standard InChI is InChI=1S/C15H24N2O3S/c1-12-13(10-16-3)6-4-7-14(12)21(18,19)17-11-15(2)8-5-9-20-15/h4,6-7,16-17H,5,8-11H2,1-3H3. The van der Waals surface area contributed by atoms with Crippen LogP contribution in [0.3, 0.4) is 0 Å². The molecule has 1 saturated heterocycles. The van der Waals surface area contributed by atoms with Gasteiger partial charge >= 0.3 is 0 Å². The molecule has 1 aliphatic heterocycles. The summed E-state index contributed by atoms with van der Waals surface area (Å²) in [5.74, 6) is 0. The average molecular weight is 312 g/mol. The Labute approximate surface area is 127 Å². The fraction of sp³-hybridized carbons (Fsp3) is 0.600. The molecule has 5 nitrogen and oxygen atoms in total. The zero-order valence-corrected chi connectivity index (χ0v) is 13.7. The van der Waals surface area contributed by atoms with Crippen molar-refractivity contribution in [3.8, 4) is 0 Å². The van der Waals surface area contributed by atoms with E-state index in [4.69, 9.17) is 4.74 Å². The topological polar surface area (TPSA) is 67.4 Å². The van der Waals surface area contributed by atoms with Crippen LogP contribution in [0.4, 0.5) is 0 Å². The van der Waals surface area contributed by atoms with E-state index in [1.54, 1.807) is 12.1 Å². The summed E-state index contributed by atoms with van der Waals surface area (Å²) in [6.45, 7) is 5.46. The molecule has 6 heteroatoms. The van der Waals surface area contributed by atoms with Crippen LogP contribution in [0.25, 0.3) is 0 Å². The number of ether oxygens (including phenoxy) is 1. The molecule has 1 aromatic carbocycles. The van der Waals surface area contributed by atoms with Crippen LogP contribution in [0.15, 0.2) is 23.1 Å². The van der Waals surface area contributed by atoms with Crippen molar-refractivity contribution in [2.75, 3.05) is 20.2 Å². The summed E-state index contributed by atoms with van der Waals surface area (Å²) in [5.41, 5.74) is 1.39. The number of rotatable bonds is 6. The van der Waals surface area contributed by atoms with Crippen molar-refractivity contribution in [2.24, 2.45) is 0 Å². The van der Waals surface area contributed by atoms with Gasteiger partial charge in [0.1, 0.15) is 0 Å². The minimum Gasteiger partial charge on any atom is -0.374 e. The molecule has 0 aromatic heterocycles. The Morgan fingerprint density at radius 1 is 1.38 bits per heavy atom. The third-order valence-electron chi connectivity index (χ3n) is 3.99. The van der Waals surface area contributed by atoms with E-state index >= 15 is 0 Å². The van der Waals surface area contributed by atoms with Crippen LogP contribution < -0.4 is 10.0 Å². The first-order valence-corrected chi connectivity index (χ1v) is 8.73. The second kappa shape index (κ2) is 6.44. The fourth-order valence-electron chi connectivity index (χ4n) is 2.63. The zero-order valence-electron chi connectivity index (χ0n) is 12.9. The SMILES string of the molecule is CNCc1cccc(S(=O)(=O)NCC2(C)CCCO2)c1C. The van der Waals surface area contributed by atoms with Crippen molar-refractivity contribution in [2.45, 2.75) is 43.7 Å². The lowest BCUT2D eigenvalue weighted by atomic mass is 10.0. The lowest BCUT2D eigenvalue weighted by Gasteiger charge is -2.23. The van der Waals surface area contributed by atoms with Gasteiger partial charge in [0.15, 0.2) is 0 Å². The van der Waals surface area contributed by atoms with Crippen LogP contribution in [-0.4, -0.2) is 34.2 Å². The third-order valence-corrected chi connectivity index (χ3v) is 5.54. The summed E-state index contributed by atoms with van der Waals surface area (Å²) < 4.78 is 33.4. The number of benzene rings is 1. The second-order valence-corrected chi connectivity index (χ2v) is 7.53. The maximum atomic E-state index is 12.5. The van der Waals surface area contributed by atoms with Gasteiger partial charge < -0.3 is 10.1 Å². The molecule has 1 aromatic rings. The van der Waals surface area contributed by atoms with E-state index < -0.39 is 10.0 Å². The molecule has 0 radical (unpaired) electrons. The largest absolute Gasteiger partial charge is 0.374 e. The number of sulfonamides is 1. The van der Waals surface area contributed by atoms with Crippen molar-refractivity contribution < 1.29 is 13.2 Å². The molecule has 118 valence electrons. The lowest BCUT2D eigenvalue weighted by molar-refractivity contribution is 0.0250. The highest BCUT2D eigenvalue weighted by molar-refractivity contribution is 7.89. The first-order valence-electron chi connectivity index (χ1n) is 7.25. The van der Waals surface area contributed by atoms with E-state index in [-0.39, 0.29) is 5.60 Å². The zero-order chi connectivity index (χ0) is 15.5. The van der Waals surface area contributed by atoms with Crippen molar-refractivity contribution in [1.29, 1.82) is 0 Å². The number of hydrogen-bond donors (Lipinski definition) is 2. The number of hydrogen-bond acceptors (Lipinski definition) is 4. The van der Waals surface area contributed by atoms with E-state index in [1.807, 2.05) is 27.0 Å².